The van der Waals surface area contributed by atoms with E-state index in [1.807, 2.05) is 13.8 Å². The van der Waals surface area contributed by atoms with Crippen molar-refractivity contribution >= 4 is 17.4 Å². The van der Waals surface area contributed by atoms with Gasteiger partial charge < -0.3 is 23.9 Å². The molecule has 0 spiro atoms. The molecule has 1 aliphatic heterocycles. The summed E-state index contributed by atoms with van der Waals surface area (Å²) in [4.78, 5) is 27.1. The maximum absolute atomic E-state index is 12.9. The summed E-state index contributed by atoms with van der Waals surface area (Å²) in [5.74, 6) is -0.553. The van der Waals surface area contributed by atoms with Crippen LogP contribution >= 0.6 is 0 Å². The minimum Gasteiger partial charge on any atom is -0.507 e. The number of ether oxygens (including phenoxy) is 2. The summed E-state index contributed by atoms with van der Waals surface area (Å²) >= 11 is 0. The van der Waals surface area contributed by atoms with Gasteiger partial charge in [-0.15, -0.1) is 0 Å². The van der Waals surface area contributed by atoms with Gasteiger partial charge in [0.2, 0.25) is 0 Å². The van der Waals surface area contributed by atoms with Gasteiger partial charge in [0.05, 0.1) is 25.1 Å². The standard InChI is InChI=1S/C23H27NO6/c1-14(2)29-12-6-10-24-20(18-7-5-11-30-18)19(22(26)23(24)27)21(25)17-9-8-16(28-4)13-15(17)3/h5,7-9,11,13-14,20,25H,6,10,12H2,1-4H3/b21-19-. The first-order valence-corrected chi connectivity index (χ1v) is 9.93. The summed E-state index contributed by atoms with van der Waals surface area (Å²) in [6.45, 7) is 6.45. The number of hydrogen-bond donors (Lipinski definition) is 1. The fourth-order valence-corrected chi connectivity index (χ4v) is 3.58. The molecule has 0 saturated carbocycles. The van der Waals surface area contributed by atoms with Gasteiger partial charge >= 0.3 is 0 Å². The fourth-order valence-electron chi connectivity index (χ4n) is 3.58. The van der Waals surface area contributed by atoms with Crippen LogP contribution in [0.4, 0.5) is 0 Å². The van der Waals surface area contributed by atoms with Gasteiger partial charge in [-0.1, -0.05) is 0 Å². The molecule has 0 bridgehead atoms. The van der Waals surface area contributed by atoms with Gasteiger partial charge in [-0.25, -0.2) is 0 Å². The number of aliphatic hydroxyl groups is 1. The van der Waals surface area contributed by atoms with Crippen molar-refractivity contribution in [3.8, 4) is 5.75 Å². The molecule has 1 aromatic heterocycles. The fraction of sp³-hybridized carbons (Fsp3) is 0.391. The van der Waals surface area contributed by atoms with E-state index in [0.29, 0.717) is 36.6 Å². The second-order valence-corrected chi connectivity index (χ2v) is 7.46. The van der Waals surface area contributed by atoms with Crippen molar-refractivity contribution in [3.05, 3.63) is 59.1 Å². The van der Waals surface area contributed by atoms with E-state index >= 15 is 0 Å². The molecule has 7 heteroatoms. The molecule has 1 aliphatic rings. The zero-order valence-electron chi connectivity index (χ0n) is 17.7. The molecule has 30 heavy (non-hydrogen) atoms. The molecule has 0 radical (unpaired) electrons. The van der Waals surface area contributed by atoms with Gasteiger partial charge in [0.1, 0.15) is 23.3 Å². The quantitative estimate of drug-likeness (QED) is 0.306. The Labute approximate surface area is 175 Å². The van der Waals surface area contributed by atoms with Crippen molar-refractivity contribution in [2.45, 2.75) is 39.3 Å². The SMILES string of the molecule is COc1ccc(/C(O)=C2/C(=O)C(=O)N(CCCOC(C)C)C2c2ccco2)c(C)c1. The van der Waals surface area contributed by atoms with Crippen LogP contribution in [0.15, 0.2) is 46.6 Å². The Morgan fingerprint density at radius 3 is 2.63 bits per heavy atom. The first-order valence-electron chi connectivity index (χ1n) is 9.93. The number of furan rings is 1. The highest BCUT2D eigenvalue weighted by atomic mass is 16.5. The predicted octanol–water partition coefficient (Wildman–Crippen LogP) is 3.83. The number of hydrogen-bond acceptors (Lipinski definition) is 6. The molecule has 1 saturated heterocycles. The van der Waals surface area contributed by atoms with Gasteiger partial charge in [-0.05, 0) is 63.1 Å². The van der Waals surface area contributed by atoms with Gasteiger partial charge in [0.25, 0.3) is 11.7 Å². The Bertz CT molecular complexity index is 945. The minimum absolute atomic E-state index is 0.0213. The van der Waals surface area contributed by atoms with Crippen molar-refractivity contribution < 1.29 is 28.6 Å². The zero-order chi connectivity index (χ0) is 21.8. The molecule has 2 aromatic rings. The summed E-state index contributed by atoms with van der Waals surface area (Å²) in [6, 6.07) is 7.73. The summed E-state index contributed by atoms with van der Waals surface area (Å²) in [6.07, 6.45) is 2.12. The molecule has 0 aliphatic carbocycles. The van der Waals surface area contributed by atoms with Crippen molar-refractivity contribution in [2.75, 3.05) is 20.3 Å². The highest BCUT2D eigenvalue weighted by Gasteiger charge is 2.47. The molecule has 3 rings (SSSR count). The van der Waals surface area contributed by atoms with Gasteiger partial charge in [0.15, 0.2) is 0 Å². The number of amides is 1. The van der Waals surface area contributed by atoms with Crippen molar-refractivity contribution in [1.29, 1.82) is 0 Å². The van der Waals surface area contributed by atoms with E-state index in [1.165, 1.54) is 11.2 Å². The number of aryl methyl sites for hydroxylation is 1. The monoisotopic (exact) mass is 413 g/mol. The number of carbonyl (C=O) groups excluding carboxylic acids is 2. The van der Waals surface area contributed by atoms with Gasteiger partial charge in [-0.3, -0.25) is 9.59 Å². The van der Waals surface area contributed by atoms with Crippen LogP contribution in [0.3, 0.4) is 0 Å². The Balaban J connectivity index is 2.00. The number of nitrogens with zero attached hydrogens (tertiary/aromatic N) is 1. The van der Waals surface area contributed by atoms with E-state index < -0.39 is 17.7 Å². The normalized spacial score (nSPS) is 18.4. The smallest absolute Gasteiger partial charge is 0.295 e. The summed E-state index contributed by atoms with van der Waals surface area (Å²) in [5, 5.41) is 11.1. The lowest BCUT2D eigenvalue weighted by Crippen LogP contribution is -2.31. The van der Waals surface area contributed by atoms with Crippen LogP contribution in [0.5, 0.6) is 5.75 Å². The van der Waals surface area contributed by atoms with Crippen molar-refractivity contribution in [2.24, 2.45) is 0 Å². The van der Waals surface area contributed by atoms with Crippen molar-refractivity contribution in [1.82, 2.24) is 4.90 Å². The molecular weight excluding hydrogens is 386 g/mol. The topological polar surface area (TPSA) is 89.2 Å². The summed E-state index contributed by atoms with van der Waals surface area (Å²) in [5.41, 5.74) is 1.21. The molecule has 7 nitrogen and oxygen atoms in total. The van der Waals surface area contributed by atoms with Crippen LogP contribution in [0.1, 0.15) is 43.2 Å². The number of benzene rings is 1. The van der Waals surface area contributed by atoms with Crippen LogP contribution in [0.2, 0.25) is 0 Å². The number of aliphatic hydroxyl groups excluding tert-OH is 1. The van der Waals surface area contributed by atoms with E-state index in [4.69, 9.17) is 13.9 Å². The maximum atomic E-state index is 12.9. The average Bonchev–Trinajstić information content (AvgIpc) is 3.32. The molecule has 1 N–H and O–H groups in total. The van der Waals surface area contributed by atoms with Crippen LogP contribution in [-0.2, 0) is 14.3 Å². The predicted molar refractivity (Wildman–Crippen MR) is 111 cm³/mol. The van der Waals surface area contributed by atoms with E-state index in [2.05, 4.69) is 0 Å². The van der Waals surface area contributed by atoms with Gasteiger partial charge in [0, 0.05) is 18.7 Å². The first-order chi connectivity index (χ1) is 14.3. The van der Waals surface area contributed by atoms with E-state index in [9.17, 15) is 14.7 Å². The number of Topliss-reactive ketones (excluding diaryl/α,β-unsaturated/α-hetero) is 1. The maximum Gasteiger partial charge on any atom is 0.295 e. The van der Waals surface area contributed by atoms with Crippen LogP contribution in [-0.4, -0.2) is 48.1 Å². The number of likely N-dealkylation sites (tertiary alicyclic amines) is 1. The summed E-state index contributed by atoms with van der Waals surface area (Å²) < 4.78 is 16.3. The van der Waals surface area contributed by atoms with Crippen LogP contribution < -0.4 is 4.74 Å². The molecule has 160 valence electrons. The first kappa shape index (κ1) is 21.6. The third kappa shape index (κ3) is 4.26. The second kappa shape index (κ2) is 9.17. The van der Waals surface area contributed by atoms with Crippen LogP contribution in [0.25, 0.3) is 5.76 Å². The molecular formula is C23H27NO6. The Hall–Kier alpha value is -3.06. The van der Waals surface area contributed by atoms with Crippen molar-refractivity contribution in [3.63, 3.8) is 0 Å². The summed E-state index contributed by atoms with van der Waals surface area (Å²) in [7, 11) is 1.56. The minimum atomic E-state index is -0.791. The third-order valence-corrected chi connectivity index (χ3v) is 5.04. The largest absolute Gasteiger partial charge is 0.507 e. The molecule has 1 fully saturated rings. The highest BCUT2D eigenvalue weighted by Crippen LogP contribution is 2.40. The number of carbonyl (C=O) groups is 2. The second-order valence-electron chi connectivity index (χ2n) is 7.46. The zero-order valence-corrected chi connectivity index (χ0v) is 17.7. The number of ketones is 1. The average molecular weight is 413 g/mol. The molecule has 1 unspecified atom stereocenters. The lowest BCUT2D eigenvalue weighted by molar-refractivity contribution is -0.140. The lowest BCUT2D eigenvalue weighted by Gasteiger charge is -2.23. The number of methoxy groups -OCH3 is 1. The molecule has 2 heterocycles. The Kier molecular flexibility index (Phi) is 6.62. The highest BCUT2D eigenvalue weighted by molar-refractivity contribution is 6.46. The Morgan fingerprint density at radius 1 is 1.27 bits per heavy atom. The van der Waals surface area contributed by atoms with E-state index in [-0.39, 0.29) is 17.4 Å². The Morgan fingerprint density at radius 2 is 2.03 bits per heavy atom. The molecule has 1 amide bonds. The van der Waals surface area contributed by atoms with E-state index in [1.54, 1.807) is 44.4 Å². The van der Waals surface area contributed by atoms with E-state index in [0.717, 1.165) is 5.56 Å². The molecule has 1 atom stereocenters. The van der Waals surface area contributed by atoms with Gasteiger partial charge in [-0.2, -0.15) is 0 Å². The molecule has 1 aromatic carbocycles. The third-order valence-electron chi connectivity index (χ3n) is 5.04. The lowest BCUT2D eigenvalue weighted by atomic mass is 9.97. The number of rotatable bonds is 8. The van der Waals surface area contributed by atoms with Crippen LogP contribution in [0, 0.1) is 6.92 Å².